The molecule has 112 valence electrons. The third-order valence-corrected chi connectivity index (χ3v) is 4.21. The van der Waals surface area contributed by atoms with E-state index in [1.165, 1.54) is 11.1 Å². The Morgan fingerprint density at radius 1 is 0.909 bits per heavy atom. The van der Waals surface area contributed by atoms with Crippen LogP contribution in [0.3, 0.4) is 0 Å². The normalized spacial score (nSPS) is 20.3. The van der Waals surface area contributed by atoms with Gasteiger partial charge in [0.05, 0.1) is 0 Å². The van der Waals surface area contributed by atoms with Crippen LogP contribution in [-0.4, -0.2) is 18.0 Å². The van der Waals surface area contributed by atoms with E-state index < -0.39 is 0 Å². The lowest BCUT2D eigenvalue weighted by atomic mass is 9.82. The summed E-state index contributed by atoms with van der Waals surface area (Å²) in [7, 11) is 0. The van der Waals surface area contributed by atoms with Crippen molar-refractivity contribution in [3.05, 3.63) is 71.8 Å². The number of carbonyl (C=O) groups is 1. The summed E-state index contributed by atoms with van der Waals surface area (Å²) < 4.78 is 0. The summed E-state index contributed by atoms with van der Waals surface area (Å²) in [5.41, 5.74) is 3.63. The predicted octanol–water partition coefficient (Wildman–Crippen LogP) is 4.21. The number of aliphatic imine (C=N–C) groups is 1. The first-order chi connectivity index (χ1) is 10.8. The van der Waals surface area contributed by atoms with E-state index in [2.05, 4.69) is 36.4 Å². The van der Waals surface area contributed by atoms with Gasteiger partial charge < -0.3 is 0 Å². The highest BCUT2D eigenvalue weighted by atomic mass is 16.1. The summed E-state index contributed by atoms with van der Waals surface area (Å²) in [5.74, 6) is 0.622. The molecule has 0 heterocycles. The van der Waals surface area contributed by atoms with Crippen molar-refractivity contribution in [1.82, 2.24) is 0 Å². The SMILES string of the molecule is O=C1CC(=NCCc2ccccc2)C[C@@H](c2ccccc2)C1. The molecule has 1 aliphatic carbocycles. The van der Waals surface area contributed by atoms with Gasteiger partial charge in [0.25, 0.3) is 0 Å². The minimum Gasteiger partial charge on any atom is -0.299 e. The van der Waals surface area contributed by atoms with Crippen molar-refractivity contribution in [3.8, 4) is 0 Å². The molecule has 1 saturated carbocycles. The lowest BCUT2D eigenvalue weighted by Gasteiger charge is -2.23. The highest BCUT2D eigenvalue weighted by Gasteiger charge is 2.24. The van der Waals surface area contributed by atoms with Crippen molar-refractivity contribution in [3.63, 3.8) is 0 Å². The van der Waals surface area contributed by atoms with Gasteiger partial charge in [0.2, 0.25) is 0 Å². The minimum absolute atomic E-state index is 0.304. The molecule has 1 atom stereocenters. The number of benzene rings is 2. The van der Waals surface area contributed by atoms with E-state index in [1.807, 2.05) is 24.3 Å². The predicted molar refractivity (Wildman–Crippen MR) is 90.5 cm³/mol. The molecular weight excluding hydrogens is 270 g/mol. The van der Waals surface area contributed by atoms with Gasteiger partial charge in [-0.1, -0.05) is 60.7 Å². The van der Waals surface area contributed by atoms with E-state index in [0.29, 0.717) is 24.5 Å². The average Bonchev–Trinajstić information content (AvgIpc) is 2.56. The number of ketones is 1. The van der Waals surface area contributed by atoms with E-state index >= 15 is 0 Å². The number of carbonyl (C=O) groups excluding carboxylic acids is 1. The van der Waals surface area contributed by atoms with E-state index in [1.54, 1.807) is 0 Å². The van der Waals surface area contributed by atoms with Gasteiger partial charge in [-0.05, 0) is 29.9 Å². The van der Waals surface area contributed by atoms with E-state index in [0.717, 1.165) is 25.1 Å². The fraction of sp³-hybridized carbons (Fsp3) is 0.300. The van der Waals surface area contributed by atoms with Crippen LogP contribution in [0.25, 0.3) is 0 Å². The van der Waals surface area contributed by atoms with Crippen LogP contribution in [-0.2, 0) is 11.2 Å². The Bertz CT molecular complexity index is 646. The fourth-order valence-electron chi connectivity index (χ4n) is 3.07. The lowest BCUT2D eigenvalue weighted by molar-refractivity contribution is -0.118. The molecule has 0 radical (unpaired) electrons. The lowest BCUT2D eigenvalue weighted by Crippen LogP contribution is -2.22. The first-order valence-corrected chi connectivity index (χ1v) is 7.94. The third-order valence-electron chi connectivity index (χ3n) is 4.21. The number of rotatable bonds is 4. The van der Waals surface area contributed by atoms with Gasteiger partial charge in [-0.25, -0.2) is 0 Å². The molecule has 0 spiro atoms. The van der Waals surface area contributed by atoms with Crippen molar-refractivity contribution >= 4 is 11.5 Å². The van der Waals surface area contributed by atoms with Crippen molar-refractivity contribution in [2.24, 2.45) is 4.99 Å². The summed E-state index contributed by atoms with van der Waals surface area (Å²) in [6, 6.07) is 20.7. The summed E-state index contributed by atoms with van der Waals surface area (Å²) >= 11 is 0. The standard InChI is InChI=1S/C20H21NO/c22-20-14-18(17-9-5-2-6-10-17)13-19(15-20)21-12-11-16-7-3-1-4-8-16/h1-10,18H,11-15H2/t18-/m1/s1. The second kappa shape index (κ2) is 7.17. The first kappa shape index (κ1) is 14.7. The molecule has 0 amide bonds. The molecule has 2 heteroatoms. The number of hydrogen-bond acceptors (Lipinski definition) is 2. The zero-order valence-corrected chi connectivity index (χ0v) is 12.7. The highest BCUT2D eigenvalue weighted by molar-refractivity contribution is 6.05. The van der Waals surface area contributed by atoms with Crippen LogP contribution in [0.5, 0.6) is 0 Å². The Hall–Kier alpha value is -2.22. The highest BCUT2D eigenvalue weighted by Crippen LogP contribution is 2.29. The van der Waals surface area contributed by atoms with Gasteiger partial charge in [0.1, 0.15) is 5.78 Å². The Morgan fingerprint density at radius 3 is 2.32 bits per heavy atom. The van der Waals surface area contributed by atoms with Crippen LogP contribution >= 0.6 is 0 Å². The Balaban J connectivity index is 1.63. The minimum atomic E-state index is 0.304. The monoisotopic (exact) mass is 291 g/mol. The molecule has 0 aliphatic heterocycles. The van der Waals surface area contributed by atoms with Gasteiger partial charge in [-0.15, -0.1) is 0 Å². The van der Waals surface area contributed by atoms with Crippen molar-refractivity contribution in [2.45, 2.75) is 31.6 Å². The topological polar surface area (TPSA) is 29.4 Å². The smallest absolute Gasteiger partial charge is 0.139 e. The molecule has 2 aromatic rings. The van der Waals surface area contributed by atoms with Gasteiger partial charge >= 0.3 is 0 Å². The van der Waals surface area contributed by atoms with Crippen LogP contribution in [0, 0.1) is 0 Å². The van der Waals surface area contributed by atoms with Crippen LogP contribution < -0.4 is 0 Å². The Labute approximate surface area is 131 Å². The molecule has 2 nitrogen and oxygen atoms in total. The molecule has 0 aromatic heterocycles. The zero-order valence-electron chi connectivity index (χ0n) is 12.7. The van der Waals surface area contributed by atoms with E-state index in [-0.39, 0.29) is 0 Å². The first-order valence-electron chi connectivity index (χ1n) is 7.94. The molecule has 1 aliphatic rings. The maximum atomic E-state index is 12.0. The molecule has 1 fully saturated rings. The summed E-state index contributed by atoms with van der Waals surface area (Å²) in [6.45, 7) is 0.772. The molecule has 22 heavy (non-hydrogen) atoms. The molecule has 0 bridgehead atoms. The van der Waals surface area contributed by atoms with Gasteiger partial charge in [0, 0.05) is 25.1 Å². The van der Waals surface area contributed by atoms with Crippen LogP contribution in [0.4, 0.5) is 0 Å². The molecule has 0 N–H and O–H groups in total. The molecule has 0 saturated heterocycles. The van der Waals surface area contributed by atoms with Crippen LogP contribution in [0.1, 0.15) is 36.3 Å². The van der Waals surface area contributed by atoms with Crippen LogP contribution in [0.2, 0.25) is 0 Å². The quantitative estimate of drug-likeness (QED) is 0.830. The van der Waals surface area contributed by atoms with Crippen LogP contribution in [0.15, 0.2) is 65.7 Å². The Morgan fingerprint density at radius 2 is 1.59 bits per heavy atom. The van der Waals surface area contributed by atoms with E-state index in [4.69, 9.17) is 4.99 Å². The summed E-state index contributed by atoms with van der Waals surface area (Å²) in [6.07, 6.45) is 3.05. The zero-order chi connectivity index (χ0) is 15.2. The maximum absolute atomic E-state index is 12.0. The van der Waals surface area contributed by atoms with Crippen molar-refractivity contribution in [1.29, 1.82) is 0 Å². The average molecular weight is 291 g/mol. The van der Waals surface area contributed by atoms with Gasteiger partial charge in [-0.3, -0.25) is 9.79 Å². The molecule has 2 aromatic carbocycles. The van der Waals surface area contributed by atoms with Crippen molar-refractivity contribution in [2.75, 3.05) is 6.54 Å². The summed E-state index contributed by atoms with van der Waals surface area (Å²) in [4.78, 5) is 16.7. The second-order valence-corrected chi connectivity index (χ2v) is 5.91. The third kappa shape index (κ3) is 3.91. The number of Topliss-reactive ketones (excluding diaryl/α,β-unsaturated/α-hetero) is 1. The molecule has 0 unspecified atom stereocenters. The van der Waals surface area contributed by atoms with Crippen molar-refractivity contribution < 1.29 is 4.79 Å². The number of hydrogen-bond donors (Lipinski definition) is 0. The second-order valence-electron chi connectivity index (χ2n) is 5.91. The van der Waals surface area contributed by atoms with Gasteiger partial charge in [0.15, 0.2) is 0 Å². The number of nitrogens with zero attached hydrogens (tertiary/aromatic N) is 1. The summed E-state index contributed by atoms with van der Waals surface area (Å²) in [5, 5.41) is 0. The molecular formula is C20H21NO. The molecule has 3 rings (SSSR count). The Kier molecular flexibility index (Phi) is 4.79. The maximum Gasteiger partial charge on any atom is 0.139 e. The van der Waals surface area contributed by atoms with Gasteiger partial charge in [-0.2, -0.15) is 0 Å². The largest absolute Gasteiger partial charge is 0.299 e. The fourth-order valence-corrected chi connectivity index (χ4v) is 3.07. The van der Waals surface area contributed by atoms with E-state index in [9.17, 15) is 4.79 Å².